The zero-order valence-corrected chi connectivity index (χ0v) is 10.4. The van der Waals surface area contributed by atoms with Crippen molar-refractivity contribution in [3.8, 4) is 0 Å². The van der Waals surface area contributed by atoms with Crippen LogP contribution in [-0.2, 0) is 4.79 Å². The maximum Gasteiger partial charge on any atom is 0.235 e. The molecule has 0 aromatic heterocycles. The SMILES string of the molecule is CC(SCCCN)C(=O)N1CCCCC1. The molecule has 88 valence electrons. The largest absolute Gasteiger partial charge is 0.342 e. The van der Waals surface area contributed by atoms with Crippen LogP contribution in [0.3, 0.4) is 0 Å². The van der Waals surface area contributed by atoms with Crippen molar-refractivity contribution in [3.63, 3.8) is 0 Å². The second kappa shape index (κ2) is 7.12. The lowest BCUT2D eigenvalue weighted by Crippen LogP contribution is -2.40. The van der Waals surface area contributed by atoms with Crippen LogP contribution in [0.5, 0.6) is 0 Å². The van der Waals surface area contributed by atoms with Crippen molar-refractivity contribution in [2.75, 3.05) is 25.4 Å². The third-order valence-electron chi connectivity index (χ3n) is 2.73. The van der Waals surface area contributed by atoms with Gasteiger partial charge >= 0.3 is 0 Å². The Morgan fingerprint density at radius 3 is 2.67 bits per heavy atom. The van der Waals surface area contributed by atoms with Crippen LogP contribution >= 0.6 is 11.8 Å². The number of amides is 1. The summed E-state index contributed by atoms with van der Waals surface area (Å²) < 4.78 is 0. The molecule has 0 radical (unpaired) electrons. The summed E-state index contributed by atoms with van der Waals surface area (Å²) in [6.07, 6.45) is 4.62. The van der Waals surface area contributed by atoms with E-state index in [-0.39, 0.29) is 5.25 Å². The second-order valence-corrected chi connectivity index (χ2v) is 5.49. The number of hydrogen-bond donors (Lipinski definition) is 1. The molecule has 1 heterocycles. The van der Waals surface area contributed by atoms with Gasteiger partial charge in [-0.05, 0) is 44.9 Å². The topological polar surface area (TPSA) is 46.3 Å². The predicted octanol–water partition coefficient (Wildman–Crippen LogP) is 1.47. The highest BCUT2D eigenvalue weighted by Crippen LogP contribution is 2.17. The molecule has 3 nitrogen and oxygen atoms in total. The summed E-state index contributed by atoms with van der Waals surface area (Å²) in [6, 6.07) is 0. The molecule has 1 fully saturated rings. The van der Waals surface area contributed by atoms with Crippen molar-refractivity contribution in [1.29, 1.82) is 0 Å². The highest BCUT2D eigenvalue weighted by atomic mass is 32.2. The number of nitrogens with two attached hydrogens (primary N) is 1. The summed E-state index contributed by atoms with van der Waals surface area (Å²) in [5.74, 6) is 1.31. The Hall–Kier alpha value is -0.220. The summed E-state index contributed by atoms with van der Waals surface area (Å²) in [6.45, 7) is 4.65. The highest BCUT2D eigenvalue weighted by Gasteiger charge is 2.21. The first kappa shape index (κ1) is 12.8. The number of rotatable bonds is 5. The van der Waals surface area contributed by atoms with Gasteiger partial charge in [-0.2, -0.15) is 0 Å². The zero-order chi connectivity index (χ0) is 11.1. The molecule has 1 rings (SSSR count). The first-order chi connectivity index (χ1) is 7.25. The average Bonchev–Trinajstić information content (AvgIpc) is 2.29. The third-order valence-corrected chi connectivity index (χ3v) is 3.96. The zero-order valence-electron chi connectivity index (χ0n) is 9.58. The fourth-order valence-electron chi connectivity index (χ4n) is 1.79. The summed E-state index contributed by atoms with van der Waals surface area (Å²) in [5, 5.41) is 0.106. The van der Waals surface area contributed by atoms with Gasteiger partial charge in [0.25, 0.3) is 0 Å². The van der Waals surface area contributed by atoms with Crippen molar-refractivity contribution >= 4 is 17.7 Å². The van der Waals surface area contributed by atoms with Gasteiger partial charge in [0, 0.05) is 13.1 Å². The summed E-state index contributed by atoms with van der Waals surface area (Å²) in [5.41, 5.74) is 5.42. The van der Waals surface area contributed by atoms with Crippen LogP contribution in [-0.4, -0.2) is 41.4 Å². The number of likely N-dealkylation sites (tertiary alicyclic amines) is 1. The summed E-state index contributed by atoms with van der Waals surface area (Å²) in [7, 11) is 0. The third kappa shape index (κ3) is 4.43. The lowest BCUT2D eigenvalue weighted by atomic mass is 10.1. The van der Waals surface area contributed by atoms with Crippen molar-refractivity contribution in [1.82, 2.24) is 4.90 Å². The Labute approximate surface area is 96.8 Å². The highest BCUT2D eigenvalue weighted by molar-refractivity contribution is 8.00. The number of carbonyl (C=O) groups is 1. The maximum absolute atomic E-state index is 12.0. The van der Waals surface area contributed by atoms with Crippen molar-refractivity contribution in [3.05, 3.63) is 0 Å². The average molecular weight is 230 g/mol. The minimum absolute atomic E-state index is 0.106. The smallest absolute Gasteiger partial charge is 0.235 e. The van der Waals surface area contributed by atoms with Gasteiger partial charge in [0.05, 0.1) is 5.25 Å². The van der Waals surface area contributed by atoms with E-state index in [1.807, 2.05) is 11.8 Å². The molecule has 1 amide bonds. The Morgan fingerprint density at radius 2 is 2.07 bits per heavy atom. The molecular formula is C11H22N2OS. The van der Waals surface area contributed by atoms with Gasteiger partial charge in [-0.3, -0.25) is 4.79 Å². The molecule has 15 heavy (non-hydrogen) atoms. The minimum Gasteiger partial charge on any atom is -0.342 e. The molecule has 2 N–H and O–H groups in total. The van der Waals surface area contributed by atoms with Gasteiger partial charge in [0.15, 0.2) is 0 Å². The van der Waals surface area contributed by atoms with Gasteiger partial charge in [-0.1, -0.05) is 0 Å². The monoisotopic (exact) mass is 230 g/mol. The molecule has 1 atom stereocenters. The van der Waals surface area contributed by atoms with Crippen molar-refractivity contribution in [2.45, 2.75) is 37.9 Å². The fraction of sp³-hybridized carbons (Fsp3) is 0.909. The van der Waals surface area contributed by atoms with E-state index in [0.29, 0.717) is 5.91 Å². The maximum atomic E-state index is 12.0. The van der Waals surface area contributed by atoms with Crippen molar-refractivity contribution < 1.29 is 4.79 Å². The molecule has 1 unspecified atom stereocenters. The first-order valence-electron chi connectivity index (χ1n) is 5.86. The van der Waals surface area contributed by atoms with Gasteiger partial charge < -0.3 is 10.6 Å². The standard InChI is InChI=1S/C11H22N2OS/c1-10(15-9-5-6-12)11(14)13-7-3-2-4-8-13/h10H,2-9,12H2,1H3. The van der Waals surface area contributed by atoms with Crippen LogP contribution in [0.1, 0.15) is 32.6 Å². The van der Waals surface area contributed by atoms with Crippen LogP contribution in [0.25, 0.3) is 0 Å². The number of hydrogen-bond acceptors (Lipinski definition) is 3. The van der Waals surface area contributed by atoms with E-state index in [9.17, 15) is 4.79 Å². The molecule has 0 saturated carbocycles. The Bertz CT molecular complexity index is 193. The molecule has 0 spiro atoms. The van der Waals surface area contributed by atoms with Crippen molar-refractivity contribution in [2.24, 2.45) is 5.73 Å². The molecule has 1 saturated heterocycles. The summed E-state index contributed by atoms with van der Waals surface area (Å²) >= 11 is 1.73. The van der Waals surface area contributed by atoms with E-state index < -0.39 is 0 Å². The lowest BCUT2D eigenvalue weighted by molar-refractivity contribution is -0.131. The van der Waals surface area contributed by atoms with Crippen LogP contribution in [0.15, 0.2) is 0 Å². The summed E-state index contributed by atoms with van der Waals surface area (Å²) in [4.78, 5) is 14.0. The molecular weight excluding hydrogens is 208 g/mol. The molecule has 1 aliphatic heterocycles. The Kier molecular flexibility index (Phi) is 6.10. The molecule has 1 aliphatic rings. The van der Waals surface area contributed by atoms with Crippen LogP contribution in [0.2, 0.25) is 0 Å². The van der Waals surface area contributed by atoms with Crippen LogP contribution in [0, 0.1) is 0 Å². The number of carbonyl (C=O) groups excluding carboxylic acids is 1. The first-order valence-corrected chi connectivity index (χ1v) is 6.91. The molecule has 0 aromatic carbocycles. The van der Waals surface area contributed by atoms with Gasteiger partial charge in [-0.15, -0.1) is 11.8 Å². The lowest BCUT2D eigenvalue weighted by Gasteiger charge is -2.29. The normalized spacial score (nSPS) is 18.9. The quantitative estimate of drug-likeness (QED) is 0.728. The Balaban J connectivity index is 2.24. The number of thioether (sulfide) groups is 1. The van der Waals surface area contributed by atoms with Gasteiger partial charge in [0.1, 0.15) is 0 Å². The molecule has 0 bridgehead atoms. The Morgan fingerprint density at radius 1 is 1.40 bits per heavy atom. The molecule has 4 heteroatoms. The van der Waals surface area contributed by atoms with E-state index in [2.05, 4.69) is 0 Å². The minimum atomic E-state index is 0.106. The number of piperidine rings is 1. The van der Waals surface area contributed by atoms with E-state index in [0.717, 1.165) is 31.8 Å². The van der Waals surface area contributed by atoms with Crippen LogP contribution in [0.4, 0.5) is 0 Å². The number of nitrogens with zero attached hydrogens (tertiary/aromatic N) is 1. The molecule has 0 aromatic rings. The van der Waals surface area contributed by atoms with E-state index >= 15 is 0 Å². The van der Waals surface area contributed by atoms with Crippen LogP contribution < -0.4 is 5.73 Å². The van der Waals surface area contributed by atoms with E-state index in [1.54, 1.807) is 11.8 Å². The second-order valence-electron chi connectivity index (χ2n) is 4.04. The predicted molar refractivity (Wildman–Crippen MR) is 66.0 cm³/mol. The fourth-order valence-corrected chi connectivity index (χ4v) is 2.76. The van der Waals surface area contributed by atoms with E-state index in [4.69, 9.17) is 5.73 Å². The molecule has 0 aliphatic carbocycles. The van der Waals surface area contributed by atoms with Gasteiger partial charge in [-0.25, -0.2) is 0 Å². The van der Waals surface area contributed by atoms with E-state index in [1.165, 1.54) is 19.3 Å². The van der Waals surface area contributed by atoms with Gasteiger partial charge in [0.2, 0.25) is 5.91 Å².